The number of phenols is 1. The van der Waals surface area contributed by atoms with Crippen LogP contribution in [0.5, 0.6) is 5.75 Å². The minimum atomic E-state index is 0.387. The summed E-state index contributed by atoms with van der Waals surface area (Å²) in [4.78, 5) is 2.70. The van der Waals surface area contributed by atoms with Crippen molar-refractivity contribution in [3.63, 3.8) is 0 Å². The lowest BCUT2D eigenvalue weighted by Crippen LogP contribution is -2.01. The first-order valence-corrected chi connectivity index (χ1v) is 6.89. The van der Waals surface area contributed by atoms with Gasteiger partial charge < -0.3 is 10.4 Å². The molecular formula is C15H19NOS. The molecule has 0 spiro atoms. The van der Waals surface area contributed by atoms with Gasteiger partial charge in [-0.3, -0.25) is 0 Å². The first-order valence-electron chi connectivity index (χ1n) is 6.08. The third-order valence-corrected chi connectivity index (χ3v) is 4.25. The largest absolute Gasteiger partial charge is 0.507 e. The van der Waals surface area contributed by atoms with Crippen molar-refractivity contribution in [3.8, 4) is 5.75 Å². The minimum Gasteiger partial charge on any atom is -0.507 e. The van der Waals surface area contributed by atoms with Crippen LogP contribution in [0.2, 0.25) is 0 Å². The summed E-state index contributed by atoms with van der Waals surface area (Å²) in [7, 11) is 0. The predicted molar refractivity (Wildman–Crippen MR) is 78.7 cm³/mol. The zero-order valence-corrected chi connectivity index (χ0v) is 12.1. The van der Waals surface area contributed by atoms with Crippen LogP contribution in [0.4, 0.5) is 5.69 Å². The van der Waals surface area contributed by atoms with Gasteiger partial charge in [0.25, 0.3) is 0 Å². The van der Waals surface area contributed by atoms with Crippen LogP contribution in [-0.2, 0) is 6.54 Å². The van der Waals surface area contributed by atoms with E-state index in [4.69, 9.17) is 0 Å². The number of benzene rings is 1. The van der Waals surface area contributed by atoms with Crippen LogP contribution in [-0.4, -0.2) is 5.11 Å². The third-order valence-electron chi connectivity index (χ3n) is 3.25. The van der Waals surface area contributed by atoms with E-state index in [1.165, 1.54) is 15.3 Å². The third kappa shape index (κ3) is 2.51. The highest BCUT2D eigenvalue weighted by Crippen LogP contribution is 2.29. The molecule has 0 unspecified atom stereocenters. The second-order valence-electron chi connectivity index (χ2n) is 4.70. The number of aromatic hydroxyl groups is 1. The lowest BCUT2D eigenvalue weighted by molar-refractivity contribution is 0.467. The number of rotatable bonds is 3. The zero-order chi connectivity index (χ0) is 13.3. The molecule has 0 aliphatic carbocycles. The maximum absolute atomic E-state index is 9.91. The summed E-state index contributed by atoms with van der Waals surface area (Å²) in [6, 6.07) is 6.19. The number of anilines is 1. The minimum absolute atomic E-state index is 0.387. The monoisotopic (exact) mass is 261 g/mol. The standard InChI is InChI=1S/C15H19NOS/c1-9-5-6-14(11(3)15(9)17)16-8-13-7-10(2)18-12(13)4/h5-7,16-17H,8H2,1-4H3. The van der Waals surface area contributed by atoms with Crippen molar-refractivity contribution in [2.45, 2.75) is 34.2 Å². The van der Waals surface area contributed by atoms with Gasteiger partial charge in [0.2, 0.25) is 0 Å². The maximum atomic E-state index is 9.91. The Morgan fingerprint density at radius 1 is 1.17 bits per heavy atom. The summed E-state index contributed by atoms with van der Waals surface area (Å²) in [5.74, 6) is 0.387. The van der Waals surface area contributed by atoms with Gasteiger partial charge in [-0.05, 0) is 51.0 Å². The van der Waals surface area contributed by atoms with Crippen molar-refractivity contribution >= 4 is 17.0 Å². The number of hydrogen-bond donors (Lipinski definition) is 2. The van der Waals surface area contributed by atoms with Crippen LogP contribution in [0.3, 0.4) is 0 Å². The van der Waals surface area contributed by atoms with E-state index < -0.39 is 0 Å². The number of aryl methyl sites for hydroxylation is 3. The van der Waals surface area contributed by atoms with Gasteiger partial charge in [0.05, 0.1) is 0 Å². The van der Waals surface area contributed by atoms with Crippen molar-refractivity contribution in [1.82, 2.24) is 0 Å². The molecule has 0 fully saturated rings. The van der Waals surface area contributed by atoms with Gasteiger partial charge in [0, 0.05) is 27.5 Å². The molecule has 0 amide bonds. The van der Waals surface area contributed by atoms with Crippen LogP contribution in [0.1, 0.15) is 26.4 Å². The molecule has 3 heteroatoms. The van der Waals surface area contributed by atoms with Crippen LogP contribution in [0.25, 0.3) is 0 Å². The van der Waals surface area contributed by atoms with Crippen molar-refractivity contribution < 1.29 is 5.11 Å². The predicted octanol–water partition coefficient (Wildman–Crippen LogP) is 4.30. The van der Waals surface area contributed by atoms with Gasteiger partial charge in [-0.2, -0.15) is 0 Å². The Kier molecular flexibility index (Phi) is 3.62. The molecule has 0 saturated heterocycles. The zero-order valence-electron chi connectivity index (χ0n) is 11.3. The lowest BCUT2D eigenvalue weighted by atomic mass is 10.1. The average Bonchev–Trinajstić information content (AvgIpc) is 2.64. The molecule has 2 rings (SSSR count). The fourth-order valence-corrected chi connectivity index (χ4v) is 3.02. The number of thiophene rings is 1. The van der Waals surface area contributed by atoms with Crippen molar-refractivity contribution in [2.24, 2.45) is 0 Å². The molecular weight excluding hydrogens is 242 g/mol. The molecule has 0 bridgehead atoms. The molecule has 18 heavy (non-hydrogen) atoms. The average molecular weight is 261 g/mol. The number of hydrogen-bond acceptors (Lipinski definition) is 3. The first kappa shape index (κ1) is 13.0. The molecule has 1 heterocycles. The van der Waals surface area contributed by atoms with E-state index in [0.717, 1.165) is 23.4 Å². The van der Waals surface area contributed by atoms with Crippen LogP contribution >= 0.6 is 11.3 Å². The summed E-state index contributed by atoms with van der Waals surface area (Å²) >= 11 is 1.82. The Morgan fingerprint density at radius 2 is 1.89 bits per heavy atom. The van der Waals surface area contributed by atoms with Crippen molar-refractivity contribution in [2.75, 3.05) is 5.32 Å². The van der Waals surface area contributed by atoms with Crippen molar-refractivity contribution in [1.29, 1.82) is 0 Å². The topological polar surface area (TPSA) is 32.3 Å². The van der Waals surface area contributed by atoms with Gasteiger partial charge in [-0.1, -0.05) is 6.07 Å². The maximum Gasteiger partial charge on any atom is 0.123 e. The molecule has 2 nitrogen and oxygen atoms in total. The quantitative estimate of drug-likeness (QED) is 0.863. The summed E-state index contributed by atoms with van der Waals surface area (Å²) in [6.45, 7) is 8.94. The molecule has 0 aliphatic heterocycles. The Balaban J connectivity index is 2.16. The Morgan fingerprint density at radius 3 is 2.50 bits per heavy atom. The Hall–Kier alpha value is -1.48. The van der Waals surface area contributed by atoms with Gasteiger partial charge in [-0.25, -0.2) is 0 Å². The number of phenolic OH excluding ortho intramolecular Hbond substituents is 1. The lowest BCUT2D eigenvalue weighted by Gasteiger charge is -2.12. The second kappa shape index (κ2) is 5.02. The molecule has 0 radical (unpaired) electrons. The van der Waals surface area contributed by atoms with Gasteiger partial charge in [0.15, 0.2) is 0 Å². The molecule has 0 atom stereocenters. The molecule has 1 aromatic heterocycles. The van der Waals surface area contributed by atoms with Crippen molar-refractivity contribution in [3.05, 3.63) is 44.6 Å². The molecule has 1 aromatic carbocycles. The summed E-state index contributed by atoms with van der Waals surface area (Å²) in [5, 5.41) is 13.3. The van der Waals surface area contributed by atoms with Gasteiger partial charge in [0.1, 0.15) is 5.75 Å². The van der Waals surface area contributed by atoms with Crippen LogP contribution in [0, 0.1) is 27.7 Å². The fourth-order valence-electron chi connectivity index (χ4n) is 2.08. The van der Waals surface area contributed by atoms with Gasteiger partial charge >= 0.3 is 0 Å². The second-order valence-corrected chi connectivity index (χ2v) is 6.16. The highest BCUT2D eigenvalue weighted by Gasteiger charge is 2.07. The molecule has 2 aromatic rings. The number of nitrogens with one attached hydrogen (secondary N) is 1. The Bertz CT molecular complexity index is 572. The summed E-state index contributed by atoms with van der Waals surface area (Å²) < 4.78 is 0. The highest BCUT2D eigenvalue weighted by molar-refractivity contribution is 7.12. The molecule has 0 aliphatic rings. The molecule has 2 N–H and O–H groups in total. The van der Waals surface area contributed by atoms with E-state index in [1.807, 2.05) is 37.3 Å². The first-order chi connectivity index (χ1) is 8.49. The normalized spacial score (nSPS) is 10.7. The van der Waals surface area contributed by atoms with E-state index in [9.17, 15) is 5.11 Å². The van der Waals surface area contributed by atoms with E-state index in [0.29, 0.717) is 5.75 Å². The van der Waals surface area contributed by atoms with Crippen LogP contribution < -0.4 is 5.32 Å². The van der Waals surface area contributed by atoms with Crippen LogP contribution in [0.15, 0.2) is 18.2 Å². The van der Waals surface area contributed by atoms with Gasteiger partial charge in [-0.15, -0.1) is 11.3 Å². The fraction of sp³-hybridized carbons (Fsp3) is 0.333. The summed E-state index contributed by atoms with van der Waals surface area (Å²) in [5.41, 5.74) is 4.17. The Labute approximate surface area is 112 Å². The molecule has 96 valence electrons. The van der Waals surface area contributed by atoms with E-state index in [2.05, 4.69) is 25.2 Å². The summed E-state index contributed by atoms with van der Waals surface area (Å²) in [6.07, 6.45) is 0. The van der Waals surface area contributed by atoms with E-state index >= 15 is 0 Å². The smallest absolute Gasteiger partial charge is 0.123 e. The van der Waals surface area contributed by atoms with E-state index in [-0.39, 0.29) is 0 Å². The highest BCUT2D eigenvalue weighted by atomic mass is 32.1. The van der Waals surface area contributed by atoms with E-state index in [1.54, 1.807) is 0 Å². The SMILES string of the molecule is Cc1cc(CNc2ccc(C)c(O)c2C)c(C)s1. The molecule has 0 saturated carbocycles.